The number of hydrogen-bond acceptors (Lipinski definition) is 3. The average Bonchev–Trinajstić information content (AvgIpc) is 2.70. The summed E-state index contributed by atoms with van der Waals surface area (Å²) in [6.07, 6.45) is 0. The largest absolute Gasteiger partial charge is 0.480 e. The summed E-state index contributed by atoms with van der Waals surface area (Å²) >= 11 is 0. The first-order valence-corrected chi connectivity index (χ1v) is 8.92. The van der Waals surface area contributed by atoms with Crippen LogP contribution in [0.4, 0.5) is 0 Å². The van der Waals surface area contributed by atoms with Crippen LogP contribution < -0.4 is 0 Å². The maximum Gasteiger partial charge on any atom is 0.335 e. The zero-order chi connectivity index (χ0) is 19.9. The van der Waals surface area contributed by atoms with Crippen molar-refractivity contribution in [2.24, 2.45) is 0 Å². The Hall–Kier alpha value is -3.44. The van der Waals surface area contributed by atoms with Crippen LogP contribution in [0.2, 0.25) is 0 Å². The second-order valence-electron chi connectivity index (χ2n) is 6.54. The first-order valence-electron chi connectivity index (χ1n) is 8.92. The van der Waals surface area contributed by atoms with E-state index in [1.54, 1.807) is 12.1 Å². The van der Waals surface area contributed by atoms with Crippen LogP contribution in [0, 0.1) is 0 Å². The summed E-state index contributed by atoms with van der Waals surface area (Å²) < 4.78 is 0. The van der Waals surface area contributed by atoms with Crippen molar-refractivity contribution in [2.75, 3.05) is 0 Å². The van der Waals surface area contributed by atoms with Crippen LogP contribution in [0.15, 0.2) is 84.9 Å². The molecule has 0 spiro atoms. The van der Waals surface area contributed by atoms with Gasteiger partial charge in [0, 0.05) is 13.1 Å². The molecule has 5 heteroatoms. The van der Waals surface area contributed by atoms with E-state index in [2.05, 4.69) is 0 Å². The highest BCUT2D eigenvalue weighted by Gasteiger charge is 2.28. The van der Waals surface area contributed by atoms with Gasteiger partial charge in [-0.3, -0.25) is 9.69 Å². The van der Waals surface area contributed by atoms with E-state index in [1.165, 1.54) is 12.1 Å². The van der Waals surface area contributed by atoms with Gasteiger partial charge < -0.3 is 10.2 Å². The highest BCUT2D eigenvalue weighted by Crippen LogP contribution is 2.26. The molecule has 0 radical (unpaired) electrons. The van der Waals surface area contributed by atoms with Crippen molar-refractivity contribution in [3.05, 3.63) is 107 Å². The van der Waals surface area contributed by atoms with Gasteiger partial charge in [-0.25, -0.2) is 4.79 Å². The molecule has 1 unspecified atom stereocenters. The van der Waals surface area contributed by atoms with Crippen LogP contribution in [0.25, 0.3) is 0 Å². The van der Waals surface area contributed by atoms with E-state index in [0.29, 0.717) is 18.7 Å². The van der Waals surface area contributed by atoms with Crippen LogP contribution in [-0.2, 0) is 17.9 Å². The molecule has 5 nitrogen and oxygen atoms in total. The van der Waals surface area contributed by atoms with Crippen molar-refractivity contribution < 1.29 is 19.8 Å². The van der Waals surface area contributed by atoms with Crippen LogP contribution in [0.1, 0.15) is 33.1 Å². The standard InChI is InChI=1S/C23H21NO4/c25-22(26)20-13-11-19(12-14-20)21(23(27)28)24(15-17-7-3-1-4-8-17)16-18-9-5-2-6-10-18/h1-14,21H,15-16H2,(H,25,26)(H,27,28). The van der Waals surface area contributed by atoms with Crippen LogP contribution in [0.3, 0.4) is 0 Å². The second-order valence-corrected chi connectivity index (χ2v) is 6.54. The topological polar surface area (TPSA) is 77.8 Å². The first kappa shape index (κ1) is 19.3. The van der Waals surface area contributed by atoms with Crippen molar-refractivity contribution in [3.63, 3.8) is 0 Å². The smallest absolute Gasteiger partial charge is 0.335 e. The van der Waals surface area contributed by atoms with Gasteiger partial charge in [-0.05, 0) is 28.8 Å². The van der Waals surface area contributed by atoms with Gasteiger partial charge in [-0.15, -0.1) is 0 Å². The van der Waals surface area contributed by atoms with E-state index in [9.17, 15) is 14.7 Å². The molecule has 3 aromatic carbocycles. The first-order chi connectivity index (χ1) is 13.5. The van der Waals surface area contributed by atoms with Gasteiger partial charge >= 0.3 is 11.9 Å². The minimum absolute atomic E-state index is 0.130. The van der Waals surface area contributed by atoms with Crippen LogP contribution in [-0.4, -0.2) is 27.1 Å². The van der Waals surface area contributed by atoms with E-state index >= 15 is 0 Å². The molecule has 1 atom stereocenters. The molecule has 0 bridgehead atoms. The van der Waals surface area contributed by atoms with Gasteiger partial charge in [0.1, 0.15) is 6.04 Å². The molecule has 0 amide bonds. The van der Waals surface area contributed by atoms with Crippen molar-refractivity contribution >= 4 is 11.9 Å². The molecule has 142 valence electrons. The molecule has 0 saturated heterocycles. The average molecular weight is 375 g/mol. The number of rotatable bonds is 8. The summed E-state index contributed by atoms with van der Waals surface area (Å²) in [6.45, 7) is 0.904. The number of hydrogen-bond donors (Lipinski definition) is 2. The third kappa shape index (κ3) is 4.84. The highest BCUT2D eigenvalue weighted by molar-refractivity contribution is 5.87. The number of nitrogens with zero attached hydrogens (tertiary/aromatic N) is 1. The number of carboxylic acids is 2. The Labute approximate surface area is 163 Å². The molecule has 0 heterocycles. The van der Waals surface area contributed by atoms with Gasteiger partial charge in [0.2, 0.25) is 0 Å². The fraction of sp³-hybridized carbons (Fsp3) is 0.130. The van der Waals surface area contributed by atoms with Gasteiger partial charge in [0.15, 0.2) is 0 Å². The molecule has 0 aromatic heterocycles. The summed E-state index contributed by atoms with van der Waals surface area (Å²) in [7, 11) is 0. The van der Waals surface area contributed by atoms with E-state index in [4.69, 9.17) is 5.11 Å². The number of aromatic carboxylic acids is 1. The Morgan fingerprint density at radius 2 is 1.18 bits per heavy atom. The monoisotopic (exact) mass is 375 g/mol. The van der Waals surface area contributed by atoms with Gasteiger partial charge in [-0.1, -0.05) is 72.8 Å². The molecule has 2 N–H and O–H groups in total. The van der Waals surface area contributed by atoms with Crippen molar-refractivity contribution in [1.82, 2.24) is 4.90 Å². The number of carbonyl (C=O) groups is 2. The summed E-state index contributed by atoms with van der Waals surface area (Å²) in [5.74, 6) is -2.02. The lowest BCUT2D eigenvalue weighted by atomic mass is 10.0. The third-order valence-corrected chi connectivity index (χ3v) is 4.53. The van der Waals surface area contributed by atoms with Gasteiger partial charge in [-0.2, -0.15) is 0 Å². The van der Waals surface area contributed by atoms with Crippen molar-refractivity contribution in [1.29, 1.82) is 0 Å². The molecule has 0 saturated carbocycles. The zero-order valence-electron chi connectivity index (χ0n) is 15.2. The quantitative estimate of drug-likeness (QED) is 0.617. The Bertz CT molecular complexity index is 882. The lowest BCUT2D eigenvalue weighted by Crippen LogP contribution is -2.33. The van der Waals surface area contributed by atoms with E-state index in [1.807, 2.05) is 65.6 Å². The van der Waals surface area contributed by atoms with Gasteiger partial charge in [0.25, 0.3) is 0 Å². The molecular weight excluding hydrogens is 354 g/mol. The van der Waals surface area contributed by atoms with E-state index < -0.39 is 18.0 Å². The maximum atomic E-state index is 12.2. The maximum absolute atomic E-state index is 12.2. The Morgan fingerprint density at radius 3 is 1.57 bits per heavy atom. The SMILES string of the molecule is O=C(O)c1ccc(C(C(=O)O)N(Cc2ccccc2)Cc2ccccc2)cc1. The fourth-order valence-electron chi connectivity index (χ4n) is 3.19. The summed E-state index contributed by atoms with van der Waals surface area (Å²) in [6, 6.07) is 24.5. The number of aliphatic carboxylic acids is 1. The zero-order valence-corrected chi connectivity index (χ0v) is 15.2. The minimum Gasteiger partial charge on any atom is -0.480 e. The van der Waals surface area contributed by atoms with Crippen molar-refractivity contribution in [3.8, 4) is 0 Å². The Balaban J connectivity index is 1.96. The van der Waals surface area contributed by atoms with Crippen molar-refractivity contribution in [2.45, 2.75) is 19.1 Å². The highest BCUT2D eigenvalue weighted by atomic mass is 16.4. The molecule has 0 aliphatic carbocycles. The summed E-state index contributed by atoms with van der Waals surface area (Å²) in [4.78, 5) is 25.2. The summed E-state index contributed by atoms with van der Waals surface area (Å²) in [5.41, 5.74) is 2.69. The summed E-state index contributed by atoms with van der Waals surface area (Å²) in [5, 5.41) is 19.1. The molecule has 3 rings (SSSR count). The molecule has 0 aliphatic heterocycles. The Morgan fingerprint density at radius 1 is 0.714 bits per heavy atom. The lowest BCUT2D eigenvalue weighted by Gasteiger charge is -2.29. The van der Waals surface area contributed by atoms with Crippen LogP contribution in [0.5, 0.6) is 0 Å². The third-order valence-electron chi connectivity index (χ3n) is 4.53. The lowest BCUT2D eigenvalue weighted by molar-refractivity contribution is -0.144. The predicted molar refractivity (Wildman–Crippen MR) is 106 cm³/mol. The molecule has 28 heavy (non-hydrogen) atoms. The predicted octanol–water partition coefficient (Wildman–Crippen LogP) is 4.21. The Kier molecular flexibility index (Phi) is 6.19. The van der Waals surface area contributed by atoms with E-state index in [0.717, 1.165) is 11.1 Å². The van der Waals surface area contributed by atoms with Gasteiger partial charge in [0.05, 0.1) is 5.56 Å². The fourth-order valence-corrected chi connectivity index (χ4v) is 3.19. The van der Waals surface area contributed by atoms with E-state index in [-0.39, 0.29) is 5.56 Å². The minimum atomic E-state index is -1.04. The second kappa shape index (κ2) is 8.97. The molecule has 3 aromatic rings. The molecule has 0 aliphatic rings. The number of benzene rings is 3. The number of carboxylic acid groups (broad SMARTS) is 2. The van der Waals surface area contributed by atoms with Crippen LogP contribution >= 0.6 is 0 Å². The molecule has 0 fully saturated rings. The normalized spacial score (nSPS) is 11.9. The molecular formula is C23H21NO4.